The van der Waals surface area contributed by atoms with E-state index in [1.165, 1.54) is 26.1 Å². The van der Waals surface area contributed by atoms with Crippen LogP contribution < -0.4 is 0 Å². The molecule has 0 radical (unpaired) electrons. The van der Waals surface area contributed by atoms with Gasteiger partial charge in [-0.1, -0.05) is 40.5 Å². The predicted octanol–water partition coefficient (Wildman–Crippen LogP) is 6.54. The summed E-state index contributed by atoms with van der Waals surface area (Å²) < 4.78 is 1.42. The SMILES string of the molecule is CCC1=[C-]CC(C)=C1.CCC1=[C-]CC(C)=C1.C[C](C)=[Ti+2].Cl.Cl. The second-order valence-corrected chi connectivity index (χ2v) is 7.01. The van der Waals surface area contributed by atoms with Crippen LogP contribution >= 0.6 is 24.8 Å². The molecular formula is C19H30Cl2Ti. The van der Waals surface area contributed by atoms with E-state index in [1.54, 1.807) is 0 Å². The Balaban J connectivity index is -0.000000249. The summed E-state index contributed by atoms with van der Waals surface area (Å²) in [6, 6.07) is 0. The summed E-state index contributed by atoms with van der Waals surface area (Å²) in [5.74, 6) is 0. The van der Waals surface area contributed by atoms with Crippen molar-refractivity contribution in [2.75, 3.05) is 0 Å². The van der Waals surface area contributed by atoms with Gasteiger partial charge >= 0.3 is 37.6 Å². The van der Waals surface area contributed by atoms with Crippen LogP contribution in [0.25, 0.3) is 0 Å². The minimum absolute atomic E-state index is 0. The van der Waals surface area contributed by atoms with Crippen LogP contribution in [0.5, 0.6) is 0 Å². The molecule has 124 valence electrons. The van der Waals surface area contributed by atoms with Gasteiger partial charge in [-0.25, -0.2) is 23.3 Å². The largest absolute Gasteiger partial charge is 0.147 e. The summed E-state index contributed by atoms with van der Waals surface area (Å²) in [5.41, 5.74) is 5.65. The van der Waals surface area contributed by atoms with Gasteiger partial charge in [0.15, 0.2) is 0 Å². The van der Waals surface area contributed by atoms with Crippen molar-refractivity contribution in [1.29, 1.82) is 0 Å². The van der Waals surface area contributed by atoms with E-state index in [0.717, 1.165) is 25.7 Å². The van der Waals surface area contributed by atoms with Crippen molar-refractivity contribution in [3.63, 3.8) is 0 Å². The van der Waals surface area contributed by atoms with Crippen molar-refractivity contribution in [1.82, 2.24) is 0 Å². The zero-order valence-corrected chi connectivity index (χ0v) is 18.0. The minimum Gasteiger partial charge on any atom is -0.147 e. The summed E-state index contributed by atoms with van der Waals surface area (Å²) in [6.07, 6.45) is 15.4. The average Bonchev–Trinajstić information content (AvgIpc) is 2.97. The van der Waals surface area contributed by atoms with Gasteiger partial charge in [-0.3, -0.25) is 12.2 Å². The van der Waals surface area contributed by atoms with Crippen LogP contribution in [0.4, 0.5) is 0 Å². The summed E-state index contributed by atoms with van der Waals surface area (Å²) in [6.45, 7) is 12.8. The standard InChI is InChI=1S/2C8H11.C3H6.2ClH.Ti/c2*1-3-8-5-4-7(2)6-8;1-3-2;;;/h2*6H,3-4H2,1-2H3;1-2H3;2*1H;/q2*-1;;;;+2. The van der Waals surface area contributed by atoms with Gasteiger partial charge in [0.25, 0.3) is 0 Å². The molecule has 0 aliphatic heterocycles. The Morgan fingerprint density at radius 3 is 1.27 bits per heavy atom. The number of allylic oxidation sites excluding steroid dienone is 8. The Kier molecular flexibility index (Phi) is 19.6. The minimum atomic E-state index is 0. The van der Waals surface area contributed by atoms with Crippen LogP contribution in [0.15, 0.2) is 34.4 Å². The fourth-order valence-electron chi connectivity index (χ4n) is 1.76. The molecule has 2 aliphatic carbocycles. The van der Waals surface area contributed by atoms with Crippen molar-refractivity contribution < 1.29 is 20.0 Å². The molecule has 0 amide bonds. The van der Waals surface area contributed by atoms with Gasteiger partial charge in [-0.15, -0.1) is 37.7 Å². The quantitative estimate of drug-likeness (QED) is 0.379. The van der Waals surface area contributed by atoms with Gasteiger partial charge in [-0.2, -0.15) is 11.1 Å². The second kappa shape index (κ2) is 16.0. The molecule has 0 N–H and O–H groups in total. The molecule has 3 heteroatoms. The van der Waals surface area contributed by atoms with Crippen LogP contribution in [-0.2, 0) is 20.0 Å². The predicted molar refractivity (Wildman–Crippen MR) is 102 cm³/mol. The number of hydrogen-bond acceptors (Lipinski definition) is 0. The van der Waals surface area contributed by atoms with Crippen LogP contribution in [0.2, 0.25) is 0 Å². The first kappa shape index (κ1) is 27.0. The van der Waals surface area contributed by atoms with Crippen molar-refractivity contribution >= 4 is 28.6 Å². The van der Waals surface area contributed by atoms with Crippen molar-refractivity contribution in [3.05, 3.63) is 46.6 Å². The van der Waals surface area contributed by atoms with E-state index in [2.05, 4.69) is 85.8 Å². The molecule has 0 aromatic carbocycles. The van der Waals surface area contributed by atoms with Gasteiger partial charge in [-0.05, 0) is 0 Å². The summed E-state index contributed by atoms with van der Waals surface area (Å²) in [5, 5.41) is 0. The van der Waals surface area contributed by atoms with Crippen molar-refractivity contribution in [2.45, 2.75) is 67.2 Å². The van der Waals surface area contributed by atoms with E-state index in [-0.39, 0.29) is 24.8 Å². The van der Waals surface area contributed by atoms with Crippen LogP contribution in [0.3, 0.4) is 0 Å². The normalized spacial score (nSPS) is 14.5. The molecule has 0 spiro atoms. The average molecular weight is 377 g/mol. The second-order valence-electron chi connectivity index (χ2n) is 5.45. The smallest absolute Gasteiger partial charge is 0.147 e. The van der Waals surface area contributed by atoms with E-state index in [1.807, 2.05) is 0 Å². The third kappa shape index (κ3) is 15.0. The fourth-order valence-corrected chi connectivity index (χ4v) is 1.76. The molecule has 0 nitrogen and oxygen atoms in total. The molecule has 0 unspecified atom stereocenters. The Morgan fingerprint density at radius 1 is 0.909 bits per heavy atom. The number of halogens is 2. The Labute approximate surface area is 162 Å². The maximum absolute atomic E-state index is 3.28. The molecule has 2 aliphatic rings. The zero-order chi connectivity index (χ0) is 15.5. The molecule has 0 aromatic rings. The van der Waals surface area contributed by atoms with Crippen LogP contribution in [-0.4, -0.2) is 3.81 Å². The zero-order valence-electron chi connectivity index (χ0n) is 14.8. The monoisotopic (exact) mass is 376 g/mol. The molecule has 0 saturated heterocycles. The molecule has 0 atom stereocenters. The molecule has 0 bridgehead atoms. The number of rotatable bonds is 2. The van der Waals surface area contributed by atoms with Crippen LogP contribution in [0.1, 0.15) is 67.2 Å². The van der Waals surface area contributed by atoms with E-state index in [4.69, 9.17) is 0 Å². The Bertz CT molecular complexity index is 400. The van der Waals surface area contributed by atoms with E-state index in [9.17, 15) is 0 Å². The maximum atomic E-state index is 3.28. The number of hydrogen-bond donors (Lipinski definition) is 0. The van der Waals surface area contributed by atoms with Gasteiger partial charge in [0.1, 0.15) is 0 Å². The molecule has 0 aromatic heterocycles. The summed E-state index contributed by atoms with van der Waals surface area (Å²) in [4.78, 5) is 0. The topological polar surface area (TPSA) is 0 Å². The van der Waals surface area contributed by atoms with Crippen LogP contribution in [0, 0.1) is 12.2 Å². The molecular weight excluding hydrogens is 347 g/mol. The van der Waals surface area contributed by atoms with E-state index >= 15 is 0 Å². The third-order valence-electron chi connectivity index (χ3n) is 2.79. The van der Waals surface area contributed by atoms with Gasteiger partial charge < -0.3 is 0 Å². The molecule has 0 fully saturated rings. The Hall–Kier alpha value is 0.124. The molecule has 0 heterocycles. The van der Waals surface area contributed by atoms with Gasteiger partial charge in [0.05, 0.1) is 0 Å². The van der Waals surface area contributed by atoms with Gasteiger partial charge in [0.2, 0.25) is 0 Å². The first-order valence-corrected chi connectivity index (χ1v) is 8.22. The van der Waals surface area contributed by atoms with Gasteiger partial charge in [0, 0.05) is 0 Å². The first-order valence-electron chi connectivity index (χ1n) is 7.44. The first-order chi connectivity index (χ1) is 9.38. The third-order valence-corrected chi connectivity index (χ3v) is 2.79. The Morgan fingerprint density at radius 2 is 1.18 bits per heavy atom. The van der Waals surface area contributed by atoms with E-state index < -0.39 is 0 Å². The molecule has 0 saturated carbocycles. The molecule has 22 heavy (non-hydrogen) atoms. The van der Waals surface area contributed by atoms with Crippen molar-refractivity contribution in [2.24, 2.45) is 0 Å². The molecule has 2 rings (SSSR count). The fraction of sp³-hybridized carbons (Fsp3) is 0.526. The summed E-state index contributed by atoms with van der Waals surface area (Å²) in [7, 11) is 0. The maximum Gasteiger partial charge on any atom is -0.147 e. The van der Waals surface area contributed by atoms with Crippen molar-refractivity contribution in [3.8, 4) is 0 Å². The van der Waals surface area contributed by atoms with E-state index in [0.29, 0.717) is 0 Å². The summed E-state index contributed by atoms with van der Waals surface area (Å²) >= 11 is 2.08.